The van der Waals surface area contributed by atoms with E-state index in [1.54, 1.807) is 0 Å². The lowest BCUT2D eigenvalue weighted by Gasteiger charge is -2.11. The van der Waals surface area contributed by atoms with Crippen LogP contribution in [0.2, 0.25) is 0 Å². The first-order valence-corrected chi connectivity index (χ1v) is 3.04. The Kier molecular flexibility index (Phi) is 1.52. The molecule has 0 saturated carbocycles. The molecule has 1 heterocycles. The number of rotatable bonds is 0. The van der Waals surface area contributed by atoms with Gasteiger partial charge < -0.3 is 4.90 Å². The van der Waals surface area contributed by atoms with Gasteiger partial charge in [0.25, 0.3) is 0 Å². The van der Waals surface area contributed by atoms with Crippen molar-refractivity contribution in [3.05, 3.63) is 0 Å². The quantitative estimate of drug-likeness (QED) is 0.458. The molecule has 0 spiro atoms. The highest BCUT2D eigenvalue weighted by Gasteiger charge is 2.24. The molecule has 1 unspecified atom stereocenters. The standard InChI is InChI=1S/C6H12FN/c1-5-3-6(7)4-8(5)2/h5-6H,3-4H2,1-2H3/t5?,6-/m0/s1. The van der Waals surface area contributed by atoms with Crippen LogP contribution in [0, 0.1) is 0 Å². The van der Waals surface area contributed by atoms with E-state index in [0.29, 0.717) is 12.6 Å². The van der Waals surface area contributed by atoms with Crippen LogP contribution in [-0.4, -0.2) is 30.7 Å². The van der Waals surface area contributed by atoms with Crippen molar-refractivity contribution < 1.29 is 4.39 Å². The van der Waals surface area contributed by atoms with E-state index in [9.17, 15) is 4.39 Å². The van der Waals surface area contributed by atoms with Gasteiger partial charge in [-0.05, 0) is 20.4 Å². The molecule has 0 radical (unpaired) electrons. The lowest BCUT2D eigenvalue weighted by atomic mass is 10.2. The topological polar surface area (TPSA) is 3.24 Å². The van der Waals surface area contributed by atoms with Crippen molar-refractivity contribution in [2.75, 3.05) is 13.6 Å². The molecule has 0 N–H and O–H groups in total. The number of halogens is 1. The van der Waals surface area contributed by atoms with Crippen LogP contribution in [0.4, 0.5) is 4.39 Å². The maximum atomic E-state index is 12.4. The van der Waals surface area contributed by atoms with Gasteiger partial charge in [-0.2, -0.15) is 0 Å². The largest absolute Gasteiger partial charge is 0.301 e. The van der Waals surface area contributed by atoms with Crippen molar-refractivity contribution in [2.24, 2.45) is 0 Å². The minimum Gasteiger partial charge on any atom is -0.301 e. The molecule has 0 aromatic rings. The molecular weight excluding hydrogens is 105 g/mol. The van der Waals surface area contributed by atoms with Crippen molar-refractivity contribution in [3.63, 3.8) is 0 Å². The van der Waals surface area contributed by atoms with Gasteiger partial charge in [0.1, 0.15) is 6.17 Å². The van der Waals surface area contributed by atoms with Crippen LogP contribution in [0.1, 0.15) is 13.3 Å². The van der Waals surface area contributed by atoms with Gasteiger partial charge in [-0.15, -0.1) is 0 Å². The molecule has 1 fully saturated rings. The predicted molar refractivity (Wildman–Crippen MR) is 31.6 cm³/mol. The van der Waals surface area contributed by atoms with Gasteiger partial charge >= 0.3 is 0 Å². The Bertz CT molecular complexity index is 74.6. The fourth-order valence-electron chi connectivity index (χ4n) is 1.12. The monoisotopic (exact) mass is 117 g/mol. The fourth-order valence-corrected chi connectivity index (χ4v) is 1.12. The summed E-state index contributed by atoms with van der Waals surface area (Å²) in [5.41, 5.74) is 0. The zero-order valence-corrected chi connectivity index (χ0v) is 5.39. The Hall–Kier alpha value is -0.110. The first kappa shape index (κ1) is 6.02. The van der Waals surface area contributed by atoms with Crippen molar-refractivity contribution >= 4 is 0 Å². The number of hydrogen-bond acceptors (Lipinski definition) is 1. The molecule has 8 heavy (non-hydrogen) atoms. The summed E-state index contributed by atoms with van der Waals surface area (Å²) < 4.78 is 12.4. The molecule has 1 nitrogen and oxygen atoms in total. The van der Waals surface area contributed by atoms with Crippen LogP contribution in [-0.2, 0) is 0 Å². The fraction of sp³-hybridized carbons (Fsp3) is 1.00. The van der Waals surface area contributed by atoms with E-state index in [-0.39, 0.29) is 0 Å². The Morgan fingerprint density at radius 1 is 1.62 bits per heavy atom. The molecule has 1 saturated heterocycles. The van der Waals surface area contributed by atoms with Crippen LogP contribution in [0.3, 0.4) is 0 Å². The predicted octanol–water partition coefficient (Wildman–Crippen LogP) is 1.05. The maximum Gasteiger partial charge on any atom is 0.114 e. The highest BCUT2D eigenvalue weighted by Crippen LogP contribution is 2.16. The average molecular weight is 117 g/mol. The SMILES string of the molecule is CC1C[C@H](F)CN1C. The van der Waals surface area contributed by atoms with Crippen molar-refractivity contribution in [1.29, 1.82) is 0 Å². The molecule has 1 aliphatic heterocycles. The Labute approximate surface area is 49.5 Å². The van der Waals surface area contributed by atoms with E-state index < -0.39 is 6.17 Å². The van der Waals surface area contributed by atoms with Gasteiger partial charge in [-0.3, -0.25) is 0 Å². The van der Waals surface area contributed by atoms with E-state index in [1.165, 1.54) is 0 Å². The number of likely N-dealkylation sites (tertiary alicyclic amines) is 1. The highest BCUT2D eigenvalue weighted by molar-refractivity contribution is 4.79. The summed E-state index contributed by atoms with van der Waals surface area (Å²) in [5.74, 6) is 0. The molecule has 0 bridgehead atoms. The normalized spacial score (nSPS) is 40.9. The van der Waals surface area contributed by atoms with Crippen molar-refractivity contribution in [1.82, 2.24) is 4.90 Å². The van der Waals surface area contributed by atoms with Crippen LogP contribution >= 0.6 is 0 Å². The number of hydrogen-bond donors (Lipinski definition) is 0. The van der Waals surface area contributed by atoms with E-state index >= 15 is 0 Å². The molecule has 0 aliphatic carbocycles. The third-order valence-corrected chi connectivity index (χ3v) is 1.84. The smallest absolute Gasteiger partial charge is 0.114 e. The maximum absolute atomic E-state index is 12.4. The number of nitrogens with zero attached hydrogens (tertiary/aromatic N) is 1. The minimum atomic E-state index is -0.574. The average Bonchev–Trinajstić information content (AvgIpc) is 1.85. The summed E-state index contributed by atoms with van der Waals surface area (Å²) in [4.78, 5) is 2.05. The third kappa shape index (κ3) is 0.996. The number of alkyl halides is 1. The molecule has 2 atom stereocenters. The lowest BCUT2D eigenvalue weighted by molar-refractivity contribution is 0.303. The summed E-state index contributed by atoms with van der Waals surface area (Å²) in [6.45, 7) is 2.68. The summed E-state index contributed by atoms with van der Waals surface area (Å²) in [6.07, 6.45) is 0.145. The minimum absolute atomic E-state index is 0.449. The summed E-state index contributed by atoms with van der Waals surface area (Å²) in [5, 5.41) is 0. The lowest BCUT2D eigenvalue weighted by Crippen LogP contribution is -2.21. The van der Waals surface area contributed by atoms with Gasteiger partial charge in [-0.1, -0.05) is 0 Å². The van der Waals surface area contributed by atoms with Crippen LogP contribution in [0.5, 0.6) is 0 Å². The van der Waals surface area contributed by atoms with Gasteiger partial charge in [0.2, 0.25) is 0 Å². The van der Waals surface area contributed by atoms with E-state index in [2.05, 4.69) is 6.92 Å². The molecule has 0 aromatic carbocycles. The first-order chi connectivity index (χ1) is 3.70. The van der Waals surface area contributed by atoms with Crippen LogP contribution < -0.4 is 0 Å². The molecular formula is C6H12FN. The highest BCUT2D eigenvalue weighted by atomic mass is 19.1. The Balaban J connectivity index is 2.39. The van der Waals surface area contributed by atoms with Crippen molar-refractivity contribution in [2.45, 2.75) is 25.6 Å². The van der Waals surface area contributed by atoms with E-state index in [1.807, 2.05) is 11.9 Å². The molecule has 48 valence electrons. The molecule has 1 rings (SSSR count). The Morgan fingerprint density at radius 2 is 2.25 bits per heavy atom. The molecule has 0 amide bonds. The third-order valence-electron chi connectivity index (χ3n) is 1.84. The molecule has 2 heteroatoms. The van der Waals surface area contributed by atoms with Gasteiger partial charge in [0.05, 0.1) is 0 Å². The van der Waals surface area contributed by atoms with Crippen molar-refractivity contribution in [3.8, 4) is 0 Å². The van der Waals surface area contributed by atoms with Gasteiger partial charge in [-0.25, -0.2) is 4.39 Å². The second kappa shape index (κ2) is 2.02. The Morgan fingerprint density at radius 3 is 2.38 bits per heavy atom. The van der Waals surface area contributed by atoms with Crippen LogP contribution in [0.15, 0.2) is 0 Å². The summed E-state index contributed by atoms with van der Waals surface area (Å²) in [7, 11) is 1.96. The zero-order valence-electron chi connectivity index (χ0n) is 5.39. The second-order valence-corrected chi connectivity index (χ2v) is 2.62. The van der Waals surface area contributed by atoms with Gasteiger partial charge in [0, 0.05) is 12.6 Å². The summed E-state index contributed by atoms with van der Waals surface area (Å²) >= 11 is 0. The van der Waals surface area contributed by atoms with E-state index in [4.69, 9.17) is 0 Å². The summed E-state index contributed by atoms with van der Waals surface area (Å²) in [6, 6.07) is 0.449. The molecule has 0 aromatic heterocycles. The second-order valence-electron chi connectivity index (χ2n) is 2.62. The van der Waals surface area contributed by atoms with Crippen LogP contribution in [0.25, 0.3) is 0 Å². The first-order valence-electron chi connectivity index (χ1n) is 3.04. The van der Waals surface area contributed by atoms with Gasteiger partial charge in [0.15, 0.2) is 0 Å². The van der Waals surface area contributed by atoms with E-state index in [0.717, 1.165) is 6.42 Å². The molecule has 1 aliphatic rings. The zero-order chi connectivity index (χ0) is 6.15.